The first-order chi connectivity index (χ1) is 13.4. The third-order valence-electron chi connectivity index (χ3n) is 9.01. The van der Waals surface area contributed by atoms with Crippen molar-refractivity contribution in [3.8, 4) is 0 Å². The van der Waals surface area contributed by atoms with Gasteiger partial charge in [-0.15, -0.1) is 5.21 Å². The third kappa shape index (κ3) is 3.21. The summed E-state index contributed by atoms with van der Waals surface area (Å²) in [5.41, 5.74) is 2.53. The zero-order valence-electron chi connectivity index (χ0n) is 18.9. The van der Waals surface area contributed by atoms with Gasteiger partial charge in [-0.2, -0.15) is 0 Å². The van der Waals surface area contributed by atoms with E-state index in [0.29, 0.717) is 6.54 Å². The highest BCUT2D eigenvalue weighted by molar-refractivity contribution is 6.61. The van der Waals surface area contributed by atoms with Gasteiger partial charge >= 0.3 is 0 Å². The summed E-state index contributed by atoms with van der Waals surface area (Å²) >= 11 is 0. The first-order valence-electron chi connectivity index (χ1n) is 11.1. The molecule has 3 aliphatic rings. The second-order valence-corrected chi connectivity index (χ2v) is 11.3. The molecule has 1 atom stereocenters. The fourth-order valence-electron chi connectivity index (χ4n) is 6.01. The average molecular weight is 383 g/mol. The van der Waals surface area contributed by atoms with Gasteiger partial charge < -0.3 is 9.80 Å². The van der Waals surface area contributed by atoms with Gasteiger partial charge in [0, 0.05) is 19.0 Å². The van der Waals surface area contributed by atoms with Crippen molar-refractivity contribution in [2.75, 3.05) is 19.6 Å². The summed E-state index contributed by atoms with van der Waals surface area (Å²) in [7, 11) is 13.9. The van der Waals surface area contributed by atoms with Gasteiger partial charge in [0.05, 0.1) is 59.7 Å². The molecule has 1 saturated heterocycles. The van der Waals surface area contributed by atoms with Crippen LogP contribution in [0.2, 0.25) is 15.6 Å². The van der Waals surface area contributed by atoms with Crippen LogP contribution in [0.3, 0.4) is 0 Å². The van der Waals surface area contributed by atoms with Crippen molar-refractivity contribution >= 4 is 58.9 Å². The van der Waals surface area contributed by atoms with Crippen LogP contribution in [0.1, 0.15) is 30.0 Å². The van der Waals surface area contributed by atoms with Crippen molar-refractivity contribution in [1.29, 1.82) is 0 Å². The molecule has 0 aromatic heterocycles. The molecule has 2 fully saturated rings. The minimum absolute atomic E-state index is 0.00574. The highest BCUT2D eigenvalue weighted by Gasteiger charge is 2.54. The van der Waals surface area contributed by atoms with Crippen LogP contribution in [0.25, 0.3) is 0 Å². The van der Waals surface area contributed by atoms with Crippen LogP contribution in [0.15, 0.2) is 24.3 Å². The summed E-state index contributed by atoms with van der Waals surface area (Å²) in [6.45, 7) is 1.63. The number of hydrogen-bond donors (Lipinski definition) is 0. The van der Waals surface area contributed by atoms with E-state index in [1.807, 2.05) is 15.9 Å². The molecule has 146 valence electrons. The molecule has 1 aromatic carbocycles. The Hall–Kier alpha value is -1.45. The minimum Gasteiger partial charge on any atom is -0.332 e. The number of benzene rings is 1. The lowest BCUT2D eigenvalue weighted by molar-refractivity contribution is -0.152. The fourth-order valence-corrected chi connectivity index (χ4v) is 6.01. The zero-order valence-corrected chi connectivity index (χ0v) is 18.9. The van der Waals surface area contributed by atoms with E-state index in [-0.39, 0.29) is 46.0 Å². The Balaban J connectivity index is 1.58. The van der Waals surface area contributed by atoms with Crippen molar-refractivity contribution in [3.63, 3.8) is 0 Å². The number of carbonyl (C=O) groups excluding carboxylic acids is 2. The number of amides is 2. The molecule has 4 rings (SSSR count). The highest BCUT2D eigenvalue weighted by atomic mass is 16.2. The molecule has 0 spiro atoms. The van der Waals surface area contributed by atoms with Crippen molar-refractivity contribution in [1.82, 2.24) is 9.80 Å². The van der Waals surface area contributed by atoms with E-state index in [9.17, 15) is 9.59 Å². The van der Waals surface area contributed by atoms with Gasteiger partial charge in [0.2, 0.25) is 11.8 Å². The molecule has 1 aliphatic carbocycles. The van der Waals surface area contributed by atoms with E-state index in [4.69, 9.17) is 0 Å². The van der Waals surface area contributed by atoms with Crippen molar-refractivity contribution in [3.05, 3.63) is 35.4 Å². The highest BCUT2D eigenvalue weighted by Crippen LogP contribution is 2.65. The standard InChI is InChI=1S/C19H30B6N2O2/c20-17(21)7-12(8-18(22,23)19(17,24)25)16(29)26-9-14-13-4-2-1-3-11(13)5-6-27(14)15(28)10-26/h1-4,12,14H,5-10,20-25H2. The molecule has 4 nitrogen and oxygen atoms in total. The molecule has 0 N–H and O–H groups in total. The van der Waals surface area contributed by atoms with E-state index in [1.165, 1.54) is 11.1 Å². The van der Waals surface area contributed by atoms with Crippen LogP contribution >= 0.6 is 0 Å². The first kappa shape index (κ1) is 20.8. The van der Waals surface area contributed by atoms with Gasteiger partial charge in [-0.05, 0) is 17.5 Å². The van der Waals surface area contributed by atoms with Gasteiger partial charge in [0.1, 0.15) is 0 Å². The molecule has 1 unspecified atom stereocenters. The molecule has 1 saturated carbocycles. The number of nitrogens with zero attached hydrogens (tertiary/aromatic N) is 2. The molecule has 2 heterocycles. The number of piperazine rings is 1. The van der Waals surface area contributed by atoms with Crippen molar-refractivity contribution < 1.29 is 9.59 Å². The smallest absolute Gasteiger partial charge is 0.242 e. The van der Waals surface area contributed by atoms with Crippen LogP contribution in [0, 0.1) is 5.92 Å². The second kappa shape index (κ2) is 6.78. The Kier molecular flexibility index (Phi) is 4.87. The van der Waals surface area contributed by atoms with Crippen LogP contribution in [-0.2, 0) is 16.0 Å². The summed E-state index contributed by atoms with van der Waals surface area (Å²) in [5.74, 6) is 0.266. The maximum atomic E-state index is 13.6. The fraction of sp³-hybridized carbons (Fsp3) is 0.579. The topological polar surface area (TPSA) is 40.6 Å². The number of fused-ring (bicyclic) bond motifs is 3. The minimum atomic E-state index is -0.00814. The van der Waals surface area contributed by atoms with Crippen molar-refractivity contribution in [2.24, 2.45) is 5.92 Å². The molecule has 2 amide bonds. The summed E-state index contributed by atoms with van der Waals surface area (Å²) in [6.07, 6.45) is 2.68. The van der Waals surface area contributed by atoms with E-state index in [1.54, 1.807) is 0 Å². The Morgan fingerprint density at radius 1 is 1.00 bits per heavy atom. The van der Waals surface area contributed by atoms with Gasteiger partial charge in [-0.1, -0.05) is 47.5 Å². The Labute approximate surface area is 180 Å². The predicted octanol–water partition coefficient (Wildman–Crippen LogP) is -3.49. The molecule has 10 heteroatoms. The molecular weight excluding hydrogens is 353 g/mol. The third-order valence-corrected chi connectivity index (χ3v) is 9.01. The van der Waals surface area contributed by atoms with Crippen LogP contribution in [0.4, 0.5) is 0 Å². The van der Waals surface area contributed by atoms with Gasteiger partial charge in [0.15, 0.2) is 0 Å². The zero-order chi connectivity index (χ0) is 21.2. The summed E-state index contributed by atoms with van der Waals surface area (Å²) < 4.78 is 0. The Morgan fingerprint density at radius 2 is 1.62 bits per heavy atom. The number of hydrogen-bond acceptors (Lipinski definition) is 2. The monoisotopic (exact) mass is 384 g/mol. The van der Waals surface area contributed by atoms with Crippen LogP contribution < -0.4 is 0 Å². The van der Waals surface area contributed by atoms with E-state index in [0.717, 1.165) is 25.8 Å². The normalized spacial score (nSPS) is 27.7. The number of carbonyl (C=O) groups is 2. The maximum Gasteiger partial charge on any atom is 0.242 e. The summed E-state index contributed by atoms with van der Waals surface area (Å²) in [5, 5.41) is 0.282. The lowest BCUT2D eigenvalue weighted by Crippen LogP contribution is -2.58. The SMILES string of the molecule is BC1(B)CC(C(=O)N2CC(=O)N3CCc4ccccc4C3C2)CC(B)(B)C1(B)B. The molecule has 2 aliphatic heterocycles. The Bertz CT molecular complexity index is 839. The average Bonchev–Trinajstić information content (AvgIpc) is 2.65. The second-order valence-electron chi connectivity index (χ2n) is 11.3. The van der Waals surface area contributed by atoms with Gasteiger partial charge in [-0.3, -0.25) is 9.59 Å². The maximum absolute atomic E-state index is 13.6. The quantitative estimate of drug-likeness (QED) is 0.473. The lowest BCUT2D eigenvalue weighted by Gasteiger charge is -2.60. The lowest BCUT2D eigenvalue weighted by atomic mass is 9.14. The Morgan fingerprint density at radius 3 is 2.28 bits per heavy atom. The largest absolute Gasteiger partial charge is 0.332 e. The summed E-state index contributed by atoms with van der Waals surface area (Å²) in [4.78, 5) is 30.4. The van der Waals surface area contributed by atoms with E-state index < -0.39 is 0 Å². The van der Waals surface area contributed by atoms with Crippen LogP contribution in [0.5, 0.6) is 0 Å². The molecule has 29 heavy (non-hydrogen) atoms. The summed E-state index contributed by atoms with van der Waals surface area (Å²) in [6, 6.07) is 8.40. The molecule has 0 radical (unpaired) electrons. The van der Waals surface area contributed by atoms with Gasteiger partial charge in [0.25, 0.3) is 0 Å². The van der Waals surface area contributed by atoms with E-state index >= 15 is 0 Å². The number of rotatable bonds is 1. The molecular formula is C19H30B6N2O2. The van der Waals surface area contributed by atoms with Gasteiger partial charge in [-0.25, -0.2) is 0 Å². The van der Waals surface area contributed by atoms with Crippen molar-refractivity contribution in [2.45, 2.75) is 40.9 Å². The molecule has 0 bridgehead atoms. The molecule has 1 aromatic rings. The van der Waals surface area contributed by atoms with E-state index in [2.05, 4.69) is 65.3 Å². The predicted molar refractivity (Wildman–Crippen MR) is 133 cm³/mol. The van der Waals surface area contributed by atoms with Crippen LogP contribution in [-0.4, -0.2) is 88.3 Å². The first-order valence-corrected chi connectivity index (χ1v) is 11.1.